The van der Waals surface area contributed by atoms with Crippen LogP contribution in [0.1, 0.15) is 145 Å². The zero-order valence-electron chi connectivity index (χ0n) is 72.7. The number of unbranched alkanes of at least 4 members (excludes halogenated alkanes) is 7. The fraction of sp³-hybridized carbons (Fsp3) is 0.878. The summed E-state index contributed by atoms with van der Waals surface area (Å²) in [5, 5.41) is 104. The standard InChI is InChI=1S/C82H146N6O34/c1-57-71(100)74(103)61(51-89)120-77(57)115-47-44-109-41-38-106-33-24-83-66(95)21-30-112-54-82(55-113-31-22-67(96)84-25-34-107-39-42-110-45-48-116-78-58(2)72(101)75(104)62(52-90)121-78,56-114-32-23-68(97)85-26-35-108-40-43-111-46-49-117-79-59(3)73(102)76(105)63(53-91)122-79)50-60(92)16-14-12-10-8-9-11-13-15-17-64(93)86-27-36-118-81(7,80(4,5)6)119-37-28-87-65(94)20-29-88-69(98)18-19-70(88)99/h18-19,57-59,61-63,71-79,89-91,100-105H,8-17,20-56H2,1-7H3,(H,83,95)(H,84,96)(H,85,97)(H,86,93)(H,87,94). The van der Waals surface area contributed by atoms with Crippen LogP contribution in [-0.4, -0.2) is 389 Å². The number of imide groups is 1. The number of Topliss-reactive ketones (excluding diaryl/α,β-unsaturated/α-hetero) is 1. The van der Waals surface area contributed by atoms with Crippen molar-refractivity contribution in [3.05, 3.63) is 12.2 Å². The number of rotatable bonds is 72. The quantitative estimate of drug-likeness (QED) is 0.0180. The second-order valence-electron chi connectivity index (χ2n) is 32.0. The highest BCUT2D eigenvalue weighted by molar-refractivity contribution is 6.13. The molecule has 4 aliphatic heterocycles. The van der Waals surface area contributed by atoms with Crippen molar-refractivity contribution < 1.29 is 165 Å². The number of carbonyl (C=O) groups is 8. The van der Waals surface area contributed by atoms with Gasteiger partial charge in [0, 0.05) is 125 Å². The molecule has 0 aliphatic carbocycles. The van der Waals surface area contributed by atoms with E-state index in [9.17, 15) is 84.3 Å². The Balaban J connectivity index is 1.25. The lowest BCUT2D eigenvalue weighted by molar-refractivity contribution is -0.284. The first-order valence-electron chi connectivity index (χ1n) is 43.1. The average molecular weight is 1760 g/mol. The lowest BCUT2D eigenvalue weighted by Gasteiger charge is -2.41. The monoisotopic (exact) mass is 1760 g/mol. The summed E-state index contributed by atoms with van der Waals surface area (Å²) >= 11 is 0. The van der Waals surface area contributed by atoms with E-state index in [4.69, 9.17) is 80.5 Å². The van der Waals surface area contributed by atoms with Gasteiger partial charge < -0.3 is 153 Å². The van der Waals surface area contributed by atoms with Crippen LogP contribution >= 0.6 is 0 Å². The third-order valence-corrected chi connectivity index (χ3v) is 21.2. The van der Waals surface area contributed by atoms with E-state index < -0.39 is 140 Å². The molecule has 16 atom stereocenters. The van der Waals surface area contributed by atoms with E-state index in [-0.39, 0.29) is 265 Å². The normalized spacial score (nSPS) is 24.7. The summed E-state index contributed by atoms with van der Waals surface area (Å²) in [6, 6.07) is 0. The molecule has 40 heteroatoms. The summed E-state index contributed by atoms with van der Waals surface area (Å²) in [5.41, 5.74) is -1.61. The van der Waals surface area contributed by atoms with Gasteiger partial charge in [-0.05, 0) is 19.8 Å². The first-order chi connectivity index (χ1) is 58.5. The Morgan fingerprint density at radius 1 is 0.361 bits per heavy atom. The number of aliphatic hydroxyl groups excluding tert-OH is 9. The Hall–Kier alpha value is -5.14. The SMILES string of the molecule is CC1C(OCCOCCOCCNC(=O)CCOCC(COCCC(=O)NCCOCCOCCOC2OC(CO)C(O)C(O)C2C)(COCCC(=O)NCCOCCOCCOC2OC(CO)C(O)C(O)C2C)CC(=O)CCCCCCCCCCC(=O)NCCOC(C)(OCCNC(=O)CCN2C(=O)C=CC2=O)C(C)(C)C)OC(CO)C(O)C1O. The highest BCUT2D eigenvalue weighted by Crippen LogP contribution is 2.35. The molecule has 16 unspecified atom stereocenters. The molecule has 0 aromatic carbocycles. The maximum Gasteiger partial charge on any atom is 0.253 e. The van der Waals surface area contributed by atoms with Crippen molar-refractivity contribution in [1.82, 2.24) is 31.5 Å². The highest BCUT2D eigenvalue weighted by Gasteiger charge is 2.46. The number of nitrogens with zero attached hydrogens (tertiary/aromatic N) is 1. The minimum absolute atomic E-state index is 0.0232. The molecule has 4 aliphatic rings. The zero-order valence-corrected chi connectivity index (χ0v) is 72.7. The van der Waals surface area contributed by atoms with Gasteiger partial charge in [0.25, 0.3) is 11.8 Å². The van der Waals surface area contributed by atoms with Crippen LogP contribution in [0, 0.1) is 28.6 Å². The van der Waals surface area contributed by atoms with E-state index in [0.717, 1.165) is 43.4 Å². The molecule has 0 aromatic heterocycles. The third-order valence-electron chi connectivity index (χ3n) is 21.2. The van der Waals surface area contributed by atoms with E-state index in [1.54, 1.807) is 27.7 Å². The molecule has 708 valence electrons. The van der Waals surface area contributed by atoms with E-state index >= 15 is 0 Å². The number of ketones is 1. The Kier molecular flexibility index (Phi) is 56.3. The summed E-state index contributed by atoms with van der Waals surface area (Å²) in [6.45, 7) is 14.7. The Morgan fingerprint density at radius 2 is 0.648 bits per heavy atom. The van der Waals surface area contributed by atoms with Crippen molar-refractivity contribution in [2.45, 2.75) is 224 Å². The minimum Gasteiger partial charge on any atom is -0.394 e. The fourth-order valence-electron chi connectivity index (χ4n) is 13.1. The molecule has 14 N–H and O–H groups in total. The van der Waals surface area contributed by atoms with Crippen molar-refractivity contribution in [2.75, 3.05) is 211 Å². The lowest BCUT2D eigenvalue weighted by Crippen LogP contribution is -2.55. The van der Waals surface area contributed by atoms with Crippen LogP contribution in [0.2, 0.25) is 0 Å². The molecule has 3 saturated heterocycles. The number of hydrogen-bond donors (Lipinski definition) is 14. The van der Waals surface area contributed by atoms with Crippen LogP contribution in [0.15, 0.2) is 12.2 Å². The van der Waals surface area contributed by atoms with Gasteiger partial charge in [-0.25, -0.2) is 0 Å². The summed E-state index contributed by atoms with van der Waals surface area (Å²) in [4.78, 5) is 103. The predicted molar refractivity (Wildman–Crippen MR) is 433 cm³/mol. The number of aliphatic hydroxyl groups is 9. The molecule has 4 rings (SSSR count). The molecule has 7 amide bonds. The number of nitrogens with one attached hydrogen (secondary N) is 5. The molecule has 4 heterocycles. The molecule has 0 spiro atoms. The van der Waals surface area contributed by atoms with Gasteiger partial charge in [0.2, 0.25) is 29.5 Å². The number of ether oxygens (including phenoxy) is 17. The summed E-state index contributed by atoms with van der Waals surface area (Å²) < 4.78 is 98.1. The molecule has 3 fully saturated rings. The minimum atomic E-state index is -1.24. The molecule has 0 bridgehead atoms. The maximum atomic E-state index is 14.2. The van der Waals surface area contributed by atoms with E-state index in [0.29, 0.717) is 19.3 Å². The van der Waals surface area contributed by atoms with Crippen LogP contribution < -0.4 is 26.6 Å². The molecule has 0 radical (unpaired) electrons. The van der Waals surface area contributed by atoms with Crippen LogP contribution in [0.3, 0.4) is 0 Å². The molecule has 0 aromatic rings. The van der Waals surface area contributed by atoms with Crippen LogP contribution in [0.5, 0.6) is 0 Å². The van der Waals surface area contributed by atoms with Crippen molar-refractivity contribution in [2.24, 2.45) is 28.6 Å². The molecular weight excluding hydrogens is 1610 g/mol. The van der Waals surface area contributed by atoms with E-state index in [1.165, 1.54) is 12.2 Å². The largest absolute Gasteiger partial charge is 0.394 e. The van der Waals surface area contributed by atoms with Crippen molar-refractivity contribution in [3.8, 4) is 0 Å². The Labute approximate surface area is 716 Å². The van der Waals surface area contributed by atoms with Crippen molar-refractivity contribution in [3.63, 3.8) is 0 Å². The van der Waals surface area contributed by atoms with Crippen LogP contribution in [0.4, 0.5) is 0 Å². The second kappa shape index (κ2) is 62.9. The third kappa shape index (κ3) is 43.6. The summed E-state index contributed by atoms with van der Waals surface area (Å²) in [6.07, 6.45) is -3.33. The van der Waals surface area contributed by atoms with Crippen LogP contribution in [-0.2, 0) is 119 Å². The van der Waals surface area contributed by atoms with Gasteiger partial charge in [0.15, 0.2) is 24.7 Å². The zero-order chi connectivity index (χ0) is 89.6. The number of hydrogen-bond acceptors (Lipinski definition) is 34. The maximum absolute atomic E-state index is 14.2. The van der Waals surface area contributed by atoms with E-state index in [1.807, 2.05) is 20.8 Å². The van der Waals surface area contributed by atoms with Crippen molar-refractivity contribution in [1.29, 1.82) is 0 Å². The van der Waals surface area contributed by atoms with Gasteiger partial charge in [-0.2, -0.15) is 0 Å². The van der Waals surface area contributed by atoms with E-state index in [2.05, 4.69) is 26.6 Å². The highest BCUT2D eigenvalue weighted by atomic mass is 16.7. The Morgan fingerprint density at radius 3 is 0.975 bits per heavy atom. The van der Waals surface area contributed by atoms with Crippen LogP contribution in [0.25, 0.3) is 0 Å². The average Bonchev–Trinajstić information content (AvgIpc) is 0.895. The Bertz CT molecular complexity index is 2720. The molecular formula is C82H146N6O34. The predicted octanol–water partition coefficient (Wildman–Crippen LogP) is -1.88. The first kappa shape index (κ1) is 109. The van der Waals surface area contributed by atoms with Gasteiger partial charge in [0.1, 0.15) is 42.4 Å². The molecule has 122 heavy (non-hydrogen) atoms. The van der Waals surface area contributed by atoms with Gasteiger partial charge in [-0.1, -0.05) is 80.1 Å². The first-order valence-corrected chi connectivity index (χ1v) is 43.1. The van der Waals surface area contributed by atoms with Gasteiger partial charge in [0.05, 0.1) is 190 Å². The summed E-state index contributed by atoms with van der Waals surface area (Å²) in [5.74, 6) is -5.11. The molecule has 0 saturated carbocycles. The number of carbonyl (C=O) groups excluding carboxylic acids is 8. The smallest absolute Gasteiger partial charge is 0.253 e. The lowest BCUT2D eigenvalue weighted by atomic mass is 9.84. The van der Waals surface area contributed by atoms with Gasteiger partial charge in [-0.3, -0.25) is 43.3 Å². The fourth-order valence-corrected chi connectivity index (χ4v) is 13.1. The number of amides is 7. The molecule has 40 nitrogen and oxygen atoms in total. The summed E-state index contributed by atoms with van der Waals surface area (Å²) in [7, 11) is 0. The topological polar surface area (TPSA) is 539 Å². The van der Waals surface area contributed by atoms with Crippen molar-refractivity contribution >= 4 is 47.1 Å². The second-order valence-corrected chi connectivity index (χ2v) is 32.0. The van der Waals surface area contributed by atoms with Gasteiger partial charge >= 0.3 is 0 Å². The van der Waals surface area contributed by atoms with Gasteiger partial charge in [-0.15, -0.1) is 0 Å².